The molecule has 1 heterocycles. The van der Waals surface area contributed by atoms with E-state index in [1.165, 1.54) is 6.07 Å². The van der Waals surface area contributed by atoms with Crippen LogP contribution in [0.1, 0.15) is 16.7 Å². The zero-order chi connectivity index (χ0) is 23.3. The number of ether oxygens (including phenoxy) is 1. The number of β-amino-alcohol motifs (C(OH)–C–C–N with tert-alkyl or cyclic N) is 1. The van der Waals surface area contributed by atoms with Crippen LogP contribution in [0.4, 0.5) is 9.18 Å². The molecule has 4 rings (SSSR count). The summed E-state index contributed by atoms with van der Waals surface area (Å²) >= 11 is 0. The average molecular weight is 448 g/mol. The second-order valence-corrected chi connectivity index (χ2v) is 8.04. The smallest absolute Gasteiger partial charge is 0.325 e. The maximum absolute atomic E-state index is 13.7. The predicted octanol–water partition coefficient (Wildman–Crippen LogP) is 3.39. The normalized spacial score (nSPS) is 18.9. The molecule has 2 atom stereocenters. The molecular weight excluding hydrogens is 423 g/mol. The summed E-state index contributed by atoms with van der Waals surface area (Å²) in [4.78, 5) is 27.4. The van der Waals surface area contributed by atoms with E-state index in [0.29, 0.717) is 11.1 Å². The number of carbonyl (C=O) groups is 2. The van der Waals surface area contributed by atoms with Crippen molar-refractivity contribution in [2.24, 2.45) is 0 Å². The monoisotopic (exact) mass is 448 g/mol. The van der Waals surface area contributed by atoms with Crippen LogP contribution in [0.25, 0.3) is 0 Å². The van der Waals surface area contributed by atoms with Crippen molar-refractivity contribution in [3.8, 4) is 0 Å². The van der Waals surface area contributed by atoms with Crippen LogP contribution in [-0.4, -0.2) is 41.2 Å². The summed E-state index contributed by atoms with van der Waals surface area (Å²) in [5, 5.41) is 13.3. The number of halogens is 1. The van der Waals surface area contributed by atoms with Crippen molar-refractivity contribution in [1.29, 1.82) is 0 Å². The van der Waals surface area contributed by atoms with Crippen molar-refractivity contribution in [1.82, 2.24) is 10.2 Å². The van der Waals surface area contributed by atoms with Gasteiger partial charge in [0.1, 0.15) is 5.82 Å². The fourth-order valence-electron chi connectivity index (χ4n) is 4.02. The van der Waals surface area contributed by atoms with Crippen LogP contribution in [0.3, 0.4) is 0 Å². The van der Waals surface area contributed by atoms with Crippen molar-refractivity contribution in [2.75, 3.05) is 13.2 Å². The molecule has 0 unspecified atom stereocenters. The Hall–Kier alpha value is -3.55. The first-order valence-electron chi connectivity index (χ1n) is 10.7. The molecule has 2 N–H and O–H groups in total. The van der Waals surface area contributed by atoms with Crippen molar-refractivity contribution in [2.45, 2.75) is 24.7 Å². The molecule has 3 amide bonds. The Morgan fingerprint density at radius 2 is 1.58 bits per heavy atom. The molecule has 0 spiro atoms. The number of carbonyl (C=O) groups excluding carboxylic acids is 2. The quantitative estimate of drug-likeness (QED) is 0.492. The lowest BCUT2D eigenvalue weighted by molar-refractivity contribution is -0.133. The third kappa shape index (κ3) is 4.94. The number of amides is 3. The van der Waals surface area contributed by atoms with Crippen molar-refractivity contribution < 1.29 is 23.8 Å². The molecule has 6 nitrogen and oxygen atoms in total. The van der Waals surface area contributed by atoms with Crippen molar-refractivity contribution in [3.63, 3.8) is 0 Å². The van der Waals surface area contributed by atoms with Gasteiger partial charge in [-0.25, -0.2) is 9.18 Å². The number of hydrogen-bond donors (Lipinski definition) is 2. The molecule has 0 aromatic heterocycles. The minimum Gasteiger partial charge on any atom is -0.389 e. The fourth-order valence-corrected chi connectivity index (χ4v) is 4.02. The SMILES string of the molecule is O=C1N[C@@](Cc2ccccc2)(c2ccccc2)C(=O)N1C[C@@H](O)COCc1ccccc1F. The van der Waals surface area contributed by atoms with Crippen LogP contribution >= 0.6 is 0 Å². The second-order valence-electron chi connectivity index (χ2n) is 8.04. The van der Waals surface area contributed by atoms with E-state index in [1.807, 2.05) is 48.5 Å². The molecule has 170 valence electrons. The summed E-state index contributed by atoms with van der Waals surface area (Å²) in [7, 11) is 0. The molecule has 7 heteroatoms. The number of aliphatic hydroxyl groups is 1. The number of rotatable bonds is 9. The first-order chi connectivity index (χ1) is 16.0. The largest absolute Gasteiger partial charge is 0.389 e. The van der Waals surface area contributed by atoms with Crippen LogP contribution in [0.15, 0.2) is 84.9 Å². The maximum atomic E-state index is 13.7. The molecule has 1 aliphatic heterocycles. The Balaban J connectivity index is 1.47. The number of nitrogens with one attached hydrogen (secondary N) is 1. The van der Waals surface area contributed by atoms with Gasteiger partial charge in [0, 0.05) is 12.0 Å². The number of hydrogen-bond acceptors (Lipinski definition) is 4. The van der Waals surface area contributed by atoms with Crippen molar-refractivity contribution in [3.05, 3.63) is 107 Å². The first-order valence-corrected chi connectivity index (χ1v) is 10.7. The van der Waals surface area contributed by atoms with Gasteiger partial charge < -0.3 is 15.2 Å². The van der Waals surface area contributed by atoms with Gasteiger partial charge in [-0.15, -0.1) is 0 Å². The van der Waals surface area contributed by atoms with Crippen LogP contribution < -0.4 is 5.32 Å². The lowest BCUT2D eigenvalue weighted by atomic mass is 9.83. The minimum atomic E-state index is -1.27. The second kappa shape index (κ2) is 9.94. The van der Waals surface area contributed by atoms with Gasteiger partial charge in [-0.1, -0.05) is 78.9 Å². The molecule has 3 aromatic rings. The van der Waals surface area contributed by atoms with E-state index in [2.05, 4.69) is 5.32 Å². The highest BCUT2D eigenvalue weighted by Gasteiger charge is 2.52. The van der Waals surface area contributed by atoms with Gasteiger partial charge in [-0.2, -0.15) is 0 Å². The summed E-state index contributed by atoms with van der Waals surface area (Å²) in [6.45, 7) is -0.403. The highest BCUT2D eigenvalue weighted by molar-refractivity contribution is 6.07. The fraction of sp³-hybridized carbons (Fsp3) is 0.231. The van der Waals surface area contributed by atoms with Crippen LogP contribution in [0.5, 0.6) is 0 Å². The number of nitrogens with zero attached hydrogens (tertiary/aromatic N) is 1. The van der Waals surface area contributed by atoms with Gasteiger partial charge >= 0.3 is 6.03 Å². The molecule has 0 saturated carbocycles. The molecule has 0 bridgehead atoms. The van der Waals surface area contributed by atoms with Crippen LogP contribution in [0, 0.1) is 5.82 Å². The molecule has 33 heavy (non-hydrogen) atoms. The molecule has 1 saturated heterocycles. The summed E-state index contributed by atoms with van der Waals surface area (Å²) in [5.41, 5.74) is 0.657. The zero-order valence-electron chi connectivity index (χ0n) is 18.0. The topological polar surface area (TPSA) is 78.9 Å². The van der Waals surface area contributed by atoms with Gasteiger partial charge in [0.15, 0.2) is 5.54 Å². The molecule has 3 aromatic carbocycles. The number of aliphatic hydroxyl groups excluding tert-OH is 1. The van der Waals surface area contributed by atoms with Gasteiger partial charge in [0.05, 0.1) is 25.9 Å². The van der Waals surface area contributed by atoms with Gasteiger partial charge in [-0.3, -0.25) is 9.69 Å². The molecule has 1 fully saturated rings. The highest BCUT2D eigenvalue weighted by Crippen LogP contribution is 2.33. The summed E-state index contributed by atoms with van der Waals surface area (Å²) in [5.74, 6) is -0.828. The number of urea groups is 1. The highest BCUT2D eigenvalue weighted by atomic mass is 19.1. The molecule has 1 aliphatic rings. The van der Waals surface area contributed by atoms with Gasteiger partial charge in [0.2, 0.25) is 0 Å². The standard InChI is InChI=1S/C26H25FN2O4/c27-23-14-8-7-11-20(23)17-33-18-22(30)16-29-24(31)26(28-25(29)32,21-12-5-2-6-13-21)15-19-9-3-1-4-10-19/h1-14,22,30H,15-18H2,(H,28,32)/t22-,26+/m1/s1. The summed E-state index contributed by atoms with van der Waals surface area (Å²) in [6.07, 6.45) is -0.839. The Morgan fingerprint density at radius 1 is 0.939 bits per heavy atom. The van der Waals surface area contributed by atoms with Gasteiger partial charge in [0.25, 0.3) is 5.91 Å². The lowest BCUT2D eigenvalue weighted by Crippen LogP contribution is -2.46. The molecule has 0 radical (unpaired) electrons. The first kappa shape index (κ1) is 22.6. The summed E-state index contributed by atoms with van der Waals surface area (Å²) < 4.78 is 19.1. The van der Waals surface area contributed by atoms with Crippen LogP contribution in [0.2, 0.25) is 0 Å². The third-order valence-electron chi connectivity index (χ3n) is 5.67. The average Bonchev–Trinajstić information content (AvgIpc) is 3.06. The zero-order valence-corrected chi connectivity index (χ0v) is 18.0. The Labute approximate surface area is 191 Å². The predicted molar refractivity (Wildman–Crippen MR) is 121 cm³/mol. The van der Waals surface area contributed by atoms with E-state index in [1.54, 1.807) is 30.3 Å². The van der Waals surface area contributed by atoms with E-state index in [-0.39, 0.29) is 26.2 Å². The Bertz CT molecular complexity index is 1110. The molecule has 0 aliphatic carbocycles. The molecular formula is C26H25FN2O4. The number of benzene rings is 3. The Morgan fingerprint density at radius 3 is 2.27 bits per heavy atom. The summed E-state index contributed by atoms with van der Waals surface area (Å²) in [6, 6.07) is 24.2. The lowest BCUT2D eigenvalue weighted by Gasteiger charge is -2.28. The van der Waals surface area contributed by atoms with Gasteiger partial charge in [-0.05, 0) is 17.2 Å². The number of imide groups is 1. The maximum Gasteiger partial charge on any atom is 0.325 e. The van der Waals surface area contributed by atoms with E-state index in [0.717, 1.165) is 10.5 Å². The van der Waals surface area contributed by atoms with E-state index >= 15 is 0 Å². The van der Waals surface area contributed by atoms with Crippen LogP contribution in [-0.2, 0) is 28.1 Å². The minimum absolute atomic E-state index is 0.0220. The third-order valence-corrected chi connectivity index (χ3v) is 5.67. The van der Waals surface area contributed by atoms with Crippen molar-refractivity contribution >= 4 is 11.9 Å². The van der Waals surface area contributed by atoms with E-state index in [9.17, 15) is 19.1 Å². The van der Waals surface area contributed by atoms with E-state index in [4.69, 9.17) is 4.74 Å². The Kier molecular flexibility index (Phi) is 6.82. The van der Waals surface area contributed by atoms with E-state index < -0.39 is 29.4 Å².